The van der Waals surface area contributed by atoms with Gasteiger partial charge in [-0.2, -0.15) is 0 Å². The second-order valence-corrected chi connectivity index (χ2v) is 4.69. The molecule has 0 spiro atoms. The number of benzene rings is 2. The van der Waals surface area contributed by atoms with Crippen molar-refractivity contribution < 1.29 is 14.6 Å². The molecule has 0 saturated heterocycles. The number of ether oxygens (including phenoxy) is 1. The number of esters is 1. The lowest BCUT2D eigenvalue weighted by Gasteiger charge is -2.06. The standard InChI is InChI=1S/C15H14ClNO3/c16-13-7-12(5-6-14(13)17)15(19)20-9-11-3-1-10(8-18)2-4-11/h1-7,18H,8-9,17H2. The summed E-state index contributed by atoms with van der Waals surface area (Å²) in [4.78, 5) is 11.8. The molecule has 0 aliphatic rings. The molecular formula is C15H14ClNO3. The largest absolute Gasteiger partial charge is 0.457 e. The van der Waals surface area contributed by atoms with Gasteiger partial charge in [-0.3, -0.25) is 0 Å². The van der Waals surface area contributed by atoms with E-state index in [1.807, 2.05) is 0 Å². The number of halogens is 1. The minimum atomic E-state index is -0.460. The molecule has 0 saturated carbocycles. The molecule has 2 aromatic rings. The molecule has 3 N–H and O–H groups in total. The van der Waals surface area contributed by atoms with Crippen LogP contribution in [0.3, 0.4) is 0 Å². The van der Waals surface area contributed by atoms with Crippen molar-refractivity contribution in [3.8, 4) is 0 Å². The van der Waals surface area contributed by atoms with Crippen LogP contribution in [0.1, 0.15) is 21.5 Å². The summed E-state index contributed by atoms with van der Waals surface area (Å²) in [6.07, 6.45) is 0. The zero-order valence-corrected chi connectivity index (χ0v) is 11.4. The third-order valence-corrected chi connectivity index (χ3v) is 3.14. The Morgan fingerprint density at radius 3 is 2.40 bits per heavy atom. The smallest absolute Gasteiger partial charge is 0.338 e. The Hall–Kier alpha value is -2.04. The zero-order valence-electron chi connectivity index (χ0n) is 10.7. The number of rotatable bonds is 4. The van der Waals surface area contributed by atoms with Crippen molar-refractivity contribution >= 4 is 23.3 Å². The van der Waals surface area contributed by atoms with Crippen LogP contribution in [0.25, 0.3) is 0 Å². The van der Waals surface area contributed by atoms with E-state index < -0.39 is 5.97 Å². The van der Waals surface area contributed by atoms with E-state index in [0.717, 1.165) is 11.1 Å². The summed E-state index contributed by atoms with van der Waals surface area (Å²) in [5.74, 6) is -0.460. The van der Waals surface area contributed by atoms with E-state index in [9.17, 15) is 4.79 Å². The van der Waals surface area contributed by atoms with E-state index in [1.165, 1.54) is 6.07 Å². The molecule has 0 amide bonds. The normalized spacial score (nSPS) is 10.3. The van der Waals surface area contributed by atoms with Crippen molar-refractivity contribution in [2.75, 3.05) is 5.73 Å². The summed E-state index contributed by atoms with van der Waals surface area (Å²) in [5, 5.41) is 9.26. The molecule has 0 heterocycles. The van der Waals surface area contributed by atoms with Crippen molar-refractivity contribution in [2.45, 2.75) is 13.2 Å². The van der Waals surface area contributed by atoms with E-state index in [2.05, 4.69) is 0 Å². The third kappa shape index (κ3) is 3.50. The quantitative estimate of drug-likeness (QED) is 0.671. The third-order valence-electron chi connectivity index (χ3n) is 2.81. The monoisotopic (exact) mass is 291 g/mol. The van der Waals surface area contributed by atoms with Crippen molar-refractivity contribution in [1.82, 2.24) is 0 Å². The topological polar surface area (TPSA) is 72.6 Å². The van der Waals surface area contributed by atoms with Gasteiger partial charge in [0.25, 0.3) is 0 Å². The van der Waals surface area contributed by atoms with Crippen LogP contribution in [0.4, 0.5) is 5.69 Å². The predicted molar refractivity (Wildman–Crippen MR) is 77.3 cm³/mol. The van der Waals surface area contributed by atoms with Crippen molar-refractivity contribution in [2.24, 2.45) is 0 Å². The fourth-order valence-corrected chi connectivity index (χ4v) is 1.81. The van der Waals surface area contributed by atoms with E-state index in [0.29, 0.717) is 16.3 Å². The molecule has 5 heteroatoms. The molecule has 0 fully saturated rings. The van der Waals surface area contributed by atoms with Crippen LogP contribution < -0.4 is 5.73 Å². The Kier molecular flexibility index (Phi) is 4.61. The van der Waals surface area contributed by atoms with Gasteiger partial charge in [0.2, 0.25) is 0 Å². The Bertz CT molecular complexity index is 611. The average Bonchev–Trinajstić information content (AvgIpc) is 2.48. The van der Waals surface area contributed by atoms with Gasteiger partial charge in [-0.15, -0.1) is 0 Å². The number of anilines is 1. The van der Waals surface area contributed by atoms with Gasteiger partial charge in [0.05, 0.1) is 22.9 Å². The number of carbonyl (C=O) groups excluding carboxylic acids is 1. The summed E-state index contributed by atoms with van der Waals surface area (Å²) in [5.41, 5.74) is 8.01. The molecule has 0 unspecified atom stereocenters. The molecule has 0 aliphatic heterocycles. The fourth-order valence-electron chi connectivity index (χ4n) is 1.63. The molecule has 4 nitrogen and oxygen atoms in total. The first kappa shape index (κ1) is 14.4. The molecule has 0 aliphatic carbocycles. The number of hydrogen-bond acceptors (Lipinski definition) is 4. The van der Waals surface area contributed by atoms with Crippen LogP contribution in [-0.2, 0) is 18.0 Å². The number of hydrogen-bond donors (Lipinski definition) is 2. The highest BCUT2D eigenvalue weighted by Crippen LogP contribution is 2.20. The lowest BCUT2D eigenvalue weighted by molar-refractivity contribution is 0.0472. The highest BCUT2D eigenvalue weighted by atomic mass is 35.5. The molecule has 104 valence electrons. The number of aliphatic hydroxyl groups is 1. The Morgan fingerprint density at radius 1 is 1.15 bits per heavy atom. The minimum Gasteiger partial charge on any atom is -0.457 e. The number of aliphatic hydroxyl groups excluding tert-OH is 1. The average molecular weight is 292 g/mol. The number of carbonyl (C=O) groups is 1. The molecule has 0 bridgehead atoms. The SMILES string of the molecule is Nc1ccc(C(=O)OCc2ccc(CO)cc2)cc1Cl. The lowest BCUT2D eigenvalue weighted by Crippen LogP contribution is -2.05. The lowest BCUT2D eigenvalue weighted by atomic mass is 10.1. The molecule has 0 radical (unpaired) electrons. The number of nitrogen functional groups attached to an aromatic ring is 1. The summed E-state index contributed by atoms with van der Waals surface area (Å²) in [6, 6.07) is 11.8. The summed E-state index contributed by atoms with van der Waals surface area (Å²) in [7, 11) is 0. The van der Waals surface area contributed by atoms with Gasteiger partial charge in [0.1, 0.15) is 6.61 Å². The molecule has 0 aromatic heterocycles. The van der Waals surface area contributed by atoms with Crippen molar-refractivity contribution in [3.05, 3.63) is 64.2 Å². The van der Waals surface area contributed by atoms with E-state index >= 15 is 0 Å². The molecule has 20 heavy (non-hydrogen) atoms. The van der Waals surface area contributed by atoms with Crippen LogP contribution in [0.5, 0.6) is 0 Å². The Balaban J connectivity index is 1.98. The zero-order chi connectivity index (χ0) is 14.5. The van der Waals surface area contributed by atoms with Gasteiger partial charge in [-0.05, 0) is 29.3 Å². The first-order valence-electron chi connectivity index (χ1n) is 6.01. The highest BCUT2D eigenvalue weighted by molar-refractivity contribution is 6.33. The first-order valence-corrected chi connectivity index (χ1v) is 6.39. The van der Waals surface area contributed by atoms with Gasteiger partial charge in [0.15, 0.2) is 0 Å². The predicted octanol–water partition coefficient (Wildman–Crippen LogP) is 2.77. The maximum absolute atomic E-state index is 11.8. The van der Waals surface area contributed by atoms with Crippen LogP contribution in [-0.4, -0.2) is 11.1 Å². The maximum atomic E-state index is 11.8. The molecule has 2 rings (SSSR count). The molecule has 0 atom stereocenters. The van der Waals surface area contributed by atoms with Crippen LogP contribution >= 0.6 is 11.6 Å². The van der Waals surface area contributed by atoms with Crippen molar-refractivity contribution in [3.63, 3.8) is 0 Å². The van der Waals surface area contributed by atoms with Crippen LogP contribution in [0.2, 0.25) is 5.02 Å². The minimum absolute atomic E-state index is 0.00992. The highest BCUT2D eigenvalue weighted by Gasteiger charge is 2.09. The fraction of sp³-hybridized carbons (Fsp3) is 0.133. The van der Waals surface area contributed by atoms with Gasteiger partial charge in [0, 0.05) is 0 Å². The van der Waals surface area contributed by atoms with Gasteiger partial charge in [-0.1, -0.05) is 35.9 Å². The van der Waals surface area contributed by atoms with Crippen LogP contribution in [0, 0.1) is 0 Å². The van der Waals surface area contributed by atoms with E-state index in [-0.39, 0.29) is 13.2 Å². The van der Waals surface area contributed by atoms with Gasteiger partial charge in [-0.25, -0.2) is 4.79 Å². The second kappa shape index (κ2) is 6.41. The number of nitrogens with two attached hydrogens (primary N) is 1. The van der Waals surface area contributed by atoms with Gasteiger partial charge >= 0.3 is 5.97 Å². The van der Waals surface area contributed by atoms with Crippen LogP contribution in [0.15, 0.2) is 42.5 Å². The van der Waals surface area contributed by atoms with Crippen molar-refractivity contribution in [1.29, 1.82) is 0 Å². The molecular weight excluding hydrogens is 278 g/mol. The maximum Gasteiger partial charge on any atom is 0.338 e. The Labute approximate surface area is 121 Å². The Morgan fingerprint density at radius 2 is 1.80 bits per heavy atom. The first-order chi connectivity index (χ1) is 9.60. The second-order valence-electron chi connectivity index (χ2n) is 4.29. The summed E-state index contributed by atoms with van der Waals surface area (Å²) in [6.45, 7) is 0.149. The summed E-state index contributed by atoms with van der Waals surface area (Å²) >= 11 is 5.85. The van der Waals surface area contributed by atoms with E-state index in [1.54, 1.807) is 36.4 Å². The van der Waals surface area contributed by atoms with Gasteiger partial charge < -0.3 is 15.6 Å². The van der Waals surface area contributed by atoms with E-state index in [4.69, 9.17) is 27.2 Å². The summed E-state index contributed by atoms with van der Waals surface area (Å²) < 4.78 is 5.18. The molecule has 2 aromatic carbocycles.